The van der Waals surface area contributed by atoms with Crippen LogP contribution in [0.4, 0.5) is 27.9 Å². The molecule has 5 rings (SSSR count). The fourth-order valence-corrected chi connectivity index (χ4v) is 4.05. The summed E-state index contributed by atoms with van der Waals surface area (Å²) < 4.78 is 1.64. The first-order valence-corrected chi connectivity index (χ1v) is 11.2. The quantitative estimate of drug-likeness (QED) is 0.512. The molecule has 0 atom stereocenters. The van der Waals surface area contributed by atoms with E-state index in [4.69, 9.17) is 11.6 Å². The van der Waals surface area contributed by atoms with Gasteiger partial charge in [-0.2, -0.15) is 10.1 Å². The van der Waals surface area contributed by atoms with Crippen LogP contribution in [-0.2, 0) is 7.05 Å². The number of hydrogen-bond acceptors (Lipinski definition) is 7. The van der Waals surface area contributed by atoms with Crippen molar-refractivity contribution in [3.05, 3.63) is 52.9 Å². The van der Waals surface area contributed by atoms with Gasteiger partial charge in [0, 0.05) is 49.8 Å². The van der Waals surface area contributed by atoms with Gasteiger partial charge in [0.05, 0.1) is 23.6 Å². The number of likely N-dealkylation sites (tertiary alicyclic amines) is 1. The smallest absolute Gasteiger partial charge is 0.321 e. The highest BCUT2D eigenvalue weighted by molar-refractivity contribution is 6.32. The van der Waals surface area contributed by atoms with E-state index in [0.717, 1.165) is 24.1 Å². The van der Waals surface area contributed by atoms with Crippen LogP contribution < -0.4 is 16.0 Å². The van der Waals surface area contributed by atoms with Gasteiger partial charge in [-0.3, -0.25) is 9.48 Å². The molecule has 0 spiro atoms. The zero-order chi connectivity index (χ0) is 23.7. The average molecular weight is 480 g/mol. The Morgan fingerprint density at radius 1 is 1.18 bits per heavy atom. The number of anilines is 4. The molecule has 11 nitrogen and oxygen atoms in total. The molecule has 0 bridgehead atoms. The van der Waals surface area contributed by atoms with Crippen molar-refractivity contribution in [2.45, 2.75) is 18.9 Å². The number of benzene rings is 1. The normalized spacial score (nSPS) is 15.4. The van der Waals surface area contributed by atoms with Crippen molar-refractivity contribution in [1.29, 1.82) is 0 Å². The number of halogens is 1. The van der Waals surface area contributed by atoms with Gasteiger partial charge in [0.15, 0.2) is 5.82 Å². The first kappa shape index (κ1) is 21.8. The molecule has 174 valence electrons. The van der Waals surface area contributed by atoms with Crippen LogP contribution in [-0.4, -0.2) is 61.9 Å². The Labute approximate surface area is 200 Å². The summed E-state index contributed by atoms with van der Waals surface area (Å²) in [5.74, 6) is 0.660. The molecular formula is C22H22ClN9O2. The summed E-state index contributed by atoms with van der Waals surface area (Å²) in [7, 11) is 1.80. The van der Waals surface area contributed by atoms with Gasteiger partial charge in [-0.1, -0.05) is 11.6 Å². The van der Waals surface area contributed by atoms with Gasteiger partial charge in [0.25, 0.3) is 5.91 Å². The number of aromatic nitrogens is 4. The Balaban J connectivity index is 1.18. The second-order valence-electron chi connectivity index (χ2n) is 8.12. The number of fused-ring (bicyclic) bond motifs is 1. The fraction of sp³-hybridized carbons (Fsp3) is 0.273. The molecule has 1 aromatic carbocycles. The van der Waals surface area contributed by atoms with E-state index in [2.05, 4.69) is 36.0 Å². The van der Waals surface area contributed by atoms with Crippen molar-refractivity contribution < 1.29 is 9.59 Å². The molecule has 34 heavy (non-hydrogen) atoms. The maximum Gasteiger partial charge on any atom is 0.321 e. The number of aryl methyl sites for hydroxylation is 1. The van der Waals surface area contributed by atoms with Crippen molar-refractivity contribution in [3.8, 4) is 0 Å². The van der Waals surface area contributed by atoms with Crippen LogP contribution in [0.15, 0.2) is 41.8 Å². The van der Waals surface area contributed by atoms with E-state index >= 15 is 0 Å². The number of piperidine rings is 1. The number of hydrogen-bond donors (Lipinski definition) is 3. The highest BCUT2D eigenvalue weighted by Crippen LogP contribution is 2.26. The Hall–Kier alpha value is -3.99. The Morgan fingerprint density at radius 3 is 2.76 bits per heavy atom. The number of carbonyl (C=O) groups excluding carboxylic acids is 2. The molecule has 1 saturated heterocycles. The summed E-state index contributed by atoms with van der Waals surface area (Å²) in [4.78, 5) is 38.5. The molecule has 4 heterocycles. The van der Waals surface area contributed by atoms with Gasteiger partial charge in [-0.15, -0.1) is 0 Å². The summed E-state index contributed by atoms with van der Waals surface area (Å²) in [6, 6.07) is 5.30. The minimum absolute atomic E-state index is 0.116. The summed E-state index contributed by atoms with van der Waals surface area (Å²) in [6.07, 6.45) is 7.95. The van der Waals surface area contributed by atoms with Crippen molar-refractivity contribution in [3.63, 3.8) is 0 Å². The average Bonchev–Trinajstić information content (AvgIpc) is 3.41. The Kier molecular flexibility index (Phi) is 5.84. The standard InChI is InChI=1S/C22H22ClN9O2/c1-31-12-16(10-26-31)29-22(34)32-6-4-14(5-7-32)27-19-18(23)11-25-21(30-19)28-15-2-3-17-13(8-15)9-24-20(17)33/h2-3,8-12,14H,4-7H2,1H3,(H,29,34)(H2,25,27,28,30). The Bertz CT molecular complexity index is 1280. The molecule has 0 radical (unpaired) electrons. The second-order valence-corrected chi connectivity index (χ2v) is 8.53. The molecule has 0 aliphatic carbocycles. The zero-order valence-electron chi connectivity index (χ0n) is 18.3. The molecule has 0 saturated carbocycles. The van der Waals surface area contributed by atoms with E-state index in [9.17, 15) is 9.59 Å². The van der Waals surface area contributed by atoms with Crippen LogP contribution in [0, 0.1) is 0 Å². The molecule has 3 amide bonds. The topological polar surface area (TPSA) is 129 Å². The summed E-state index contributed by atoms with van der Waals surface area (Å²) in [6.45, 7) is 1.21. The lowest BCUT2D eigenvalue weighted by Crippen LogP contribution is -2.44. The summed E-state index contributed by atoms with van der Waals surface area (Å²) in [5.41, 5.74) is 2.73. The first-order valence-electron chi connectivity index (χ1n) is 10.8. The number of rotatable bonds is 5. The molecule has 3 aromatic rings. The number of aliphatic imine (C=N–C) groups is 1. The number of nitrogens with one attached hydrogen (secondary N) is 3. The van der Waals surface area contributed by atoms with E-state index in [1.807, 2.05) is 6.07 Å². The highest BCUT2D eigenvalue weighted by Gasteiger charge is 2.24. The van der Waals surface area contributed by atoms with Gasteiger partial charge >= 0.3 is 6.03 Å². The van der Waals surface area contributed by atoms with Gasteiger partial charge < -0.3 is 20.9 Å². The molecule has 2 aliphatic heterocycles. The third kappa shape index (κ3) is 4.69. The van der Waals surface area contributed by atoms with Crippen molar-refractivity contribution in [2.24, 2.45) is 12.0 Å². The summed E-state index contributed by atoms with van der Waals surface area (Å²) in [5, 5.41) is 13.8. The van der Waals surface area contributed by atoms with E-state index in [0.29, 0.717) is 41.1 Å². The predicted molar refractivity (Wildman–Crippen MR) is 129 cm³/mol. The largest absolute Gasteiger partial charge is 0.366 e. The van der Waals surface area contributed by atoms with Gasteiger partial charge in [0.1, 0.15) is 5.02 Å². The first-order chi connectivity index (χ1) is 16.4. The minimum Gasteiger partial charge on any atom is -0.366 e. The lowest BCUT2D eigenvalue weighted by Gasteiger charge is -2.32. The molecular weight excluding hydrogens is 458 g/mol. The molecule has 1 fully saturated rings. The number of nitrogens with zero attached hydrogens (tertiary/aromatic N) is 6. The molecule has 0 unspecified atom stereocenters. The van der Waals surface area contributed by atoms with Crippen LogP contribution in [0.1, 0.15) is 28.8 Å². The maximum atomic E-state index is 12.5. The maximum absolute atomic E-state index is 12.5. The zero-order valence-corrected chi connectivity index (χ0v) is 19.1. The van der Waals surface area contributed by atoms with E-state index in [1.54, 1.807) is 47.4 Å². The van der Waals surface area contributed by atoms with Gasteiger partial charge in [-0.05, 0) is 31.0 Å². The van der Waals surface area contributed by atoms with Crippen LogP contribution in [0.3, 0.4) is 0 Å². The lowest BCUT2D eigenvalue weighted by atomic mass is 10.1. The van der Waals surface area contributed by atoms with E-state index in [1.165, 1.54) is 6.20 Å². The third-order valence-corrected chi connectivity index (χ3v) is 5.96. The Morgan fingerprint density at radius 2 is 2.00 bits per heavy atom. The minimum atomic E-state index is -0.239. The SMILES string of the molecule is Cn1cc(NC(=O)N2CCC(Nc3nc(Nc4ccc5c(c4)C=NC5=O)ncc3Cl)CC2)cn1. The van der Waals surface area contributed by atoms with Gasteiger partial charge in [-0.25, -0.2) is 14.8 Å². The van der Waals surface area contributed by atoms with Crippen LogP contribution >= 0.6 is 11.6 Å². The number of carbonyl (C=O) groups is 2. The monoisotopic (exact) mass is 479 g/mol. The molecule has 2 aliphatic rings. The predicted octanol–water partition coefficient (Wildman–Crippen LogP) is 3.29. The van der Waals surface area contributed by atoms with E-state index < -0.39 is 0 Å². The summed E-state index contributed by atoms with van der Waals surface area (Å²) >= 11 is 6.33. The third-order valence-electron chi connectivity index (χ3n) is 5.68. The van der Waals surface area contributed by atoms with Crippen molar-refractivity contribution >= 4 is 52.9 Å². The molecule has 3 N–H and O–H groups in total. The second kappa shape index (κ2) is 9.10. The van der Waals surface area contributed by atoms with Gasteiger partial charge in [0.2, 0.25) is 5.95 Å². The van der Waals surface area contributed by atoms with Crippen LogP contribution in [0.5, 0.6) is 0 Å². The highest BCUT2D eigenvalue weighted by atomic mass is 35.5. The van der Waals surface area contributed by atoms with Crippen LogP contribution in [0.25, 0.3) is 0 Å². The van der Waals surface area contributed by atoms with Crippen LogP contribution in [0.2, 0.25) is 5.02 Å². The van der Waals surface area contributed by atoms with E-state index in [-0.39, 0.29) is 18.0 Å². The van der Waals surface area contributed by atoms with Crippen molar-refractivity contribution in [2.75, 3.05) is 29.0 Å². The molecule has 12 heteroatoms. The number of amides is 3. The lowest BCUT2D eigenvalue weighted by molar-refractivity contribution is 0.101. The molecule has 2 aromatic heterocycles. The fourth-order valence-electron chi connectivity index (χ4n) is 3.91. The van der Waals surface area contributed by atoms with Crippen molar-refractivity contribution in [1.82, 2.24) is 24.6 Å². The number of urea groups is 1.